The van der Waals surface area contributed by atoms with Crippen molar-refractivity contribution >= 4 is 22.7 Å². The van der Waals surface area contributed by atoms with Crippen molar-refractivity contribution in [1.29, 1.82) is 0 Å². The zero-order valence-electron chi connectivity index (χ0n) is 13.6. The number of phenolic OH excluding ortho intramolecular Hbond substituents is 1. The Morgan fingerprint density at radius 2 is 1.92 bits per heavy atom. The van der Waals surface area contributed by atoms with Gasteiger partial charge in [0.1, 0.15) is 5.75 Å². The molecule has 2 N–H and O–H groups in total. The van der Waals surface area contributed by atoms with Gasteiger partial charge >= 0.3 is 0 Å². The summed E-state index contributed by atoms with van der Waals surface area (Å²) in [5.41, 5.74) is 6.53. The molecule has 1 aromatic heterocycles. The van der Waals surface area contributed by atoms with Crippen LogP contribution in [0.2, 0.25) is 0 Å². The fourth-order valence-electron chi connectivity index (χ4n) is 2.37. The molecule has 0 bridgehead atoms. The maximum atomic E-state index is 10.3. The first-order valence-corrected chi connectivity index (χ1v) is 8.65. The highest BCUT2D eigenvalue weighted by Crippen LogP contribution is 2.28. The van der Waals surface area contributed by atoms with Gasteiger partial charge in [-0.25, -0.2) is 4.98 Å². The fourth-order valence-corrected chi connectivity index (χ4v) is 3.04. The lowest BCUT2D eigenvalue weighted by atomic mass is 9.99. The predicted octanol–water partition coefficient (Wildman–Crippen LogP) is 5.09. The summed E-state index contributed by atoms with van der Waals surface area (Å²) in [6.45, 7) is 4.10. The lowest BCUT2D eigenvalue weighted by molar-refractivity contribution is 0.464. The van der Waals surface area contributed by atoms with E-state index in [4.69, 9.17) is 0 Å². The molecule has 0 atom stereocenters. The Hall–Kier alpha value is -2.66. The van der Waals surface area contributed by atoms with Gasteiger partial charge in [-0.05, 0) is 17.5 Å². The number of hydrogen-bond acceptors (Lipinski definition) is 5. The number of hydrazone groups is 1. The Balaban J connectivity index is 1.72. The van der Waals surface area contributed by atoms with Crippen LogP contribution in [0, 0.1) is 0 Å². The van der Waals surface area contributed by atoms with Gasteiger partial charge in [0.15, 0.2) is 0 Å². The van der Waals surface area contributed by atoms with Crippen LogP contribution >= 0.6 is 11.3 Å². The van der Waals surface area contributed by atoms with Crippen LogP contribution in [-0.4, -0.2) is 16.3 Å². The first-order valence-electron chi connectivity index (χ1n) is 7.77. The normalized spacial score (nSPS) is 11.3. The summed E-state index contributed by atoms with van der Waals surface area (Å²) in [5, 5.41) is 17.2. The summed E-state index contributed by atoms with van der Waals surface area (Å²) >= 11 is 1.49. The number of benzene rings is 2. The number of hydrogen-bond donors (Lipinski definition) is 2. The molecule has 0 spiro atoms. The molecule has 3 aromatic rings. The SMILES string of the molecule is CC(C)c1cccc(C=NNc2nc(-c3ccccc3)cs2)c1O. The zero-order chi connectivity index (χ0) is 16.9. The van der Waals surface area contributed by atoms with E-state index in [0.717, 1.165) is 16.8 Å². The molecule has 5 heteroatoms. The van der Waals surface area contributed by atoms with Gasteiger partial charge in [0, 0.05) is 16.5 Å². The number of thiazole rings is 1. The summed E-state index contributed by atoms with van der Waals surface area (Å²) < 4.78 is 0. The first kappa shape index (κ1) is 16.2. The van der Waals surface area contributed by atoms with E-state index in [1.165, 1.54) is 11.3 Å². The second-order valence-corrected chi connectivity index (χ2v) is 6.57. The van der Waals surface area contributed by atoms with Crippen molar-refractivity contribution in [3.8, 4) is 17.0 Å². The smallest absolute Gasteiger partial charge is 0.203 e. The third-order valence-electron chi connectivity index (χ3n) is 3.66. The van der Waals surface area contributed by atoms with Gasteiger partial charge in [0.25, 0.3) is 0 Å². The molecule has 122 valence electrons. The summed E-state index contributed by atoms with van der Waals surface area (Å²) in [6.07, 6.45) is 1.62. The molecule has 0 saturated carbocycles. The summed E-state index contributed by atoms with van der Waals surface area (Å²) in [4.78, 5) is 4.51. The molecule has 0 aliphatic carbocycles. The molecule has 0 aliphatic rings. The van der Waals surface area contributed by atoms with Gasteiger partial charge in [-0.1, -0.05) is 56.3 Å². The van der Waals surface area contributed by atoms with Crippen LogP contribution in [0.1, 0.15) is 30.9 Å². The summed E-state index contributed by atoms with van der Waals surface area (Å²) in [6, 6.07) is 15.7. The molecule has 2 aromatic carbocycles. The second kappa shape index (κ2) is 7.27. The maximum absolute atomic E-state index is 10.3. The molecule has 4 nitrogen and oxygen atoms in total. The van der Waals surface area contributed by atoms with Crippen LogP contribution in [0.4, 0.5) is 5.13 Å². The summed E-state index contributed by atoms with van der Waals surface area (Å²) in [7, 11) is 0. The lowest BCUT2D eigenvalue weighted by Gasteiger charge is -2.09. The van der Waals surface area contributed by atoms with E-state index < -0.39 is 0 Å². The summed E-state index contributed by atoms with van der Waals surface area (Å²) in [5.74, 6) is 0.542. The molecule has 24 heavy (non-hydrogen) atoms. The van der Waals surface area contributed by atoms with E-state index in [0.29, 0.717) is 10.7 Å². The van der Waals surface area contributed by atoms with Crippen molar-refractivity contribution in [3.63, 3.8) is 0 Å². The lowest BCUT2D eigenvalue weighted by Crippen LogP contribution is -1.94. The molecule has 0 amide bonds. The maximum Gasteiger partial charge on any atom is 0.203 e. The second-order valence-electron chi connectivity index (χ2n) is 5.71. The van der Waals surface area contributed by atoms with Crippen LogP contribution in [0.15, 0.2) is 59.0 Å². The van der Waals surface area contributed by atoms with E-state index in [1.54, 1.807) is 6.21 Å². The molecule has 0 radical (unpaired) electrons. The number of nitrogens with one attached hydrogen (secondary N) is 1. The predicted molar refractivity (Wildman–Crippen MR) is 101 cm³/mol. The molecule has 1 heterocycles. The minimum atomic E-state index is 0.263. The average Bonchev–Trinajstić information content (AvgIpc) is 3.06. The highest BCUT2D eigenvalue weighted by Gasteiger charge is 2.08. The van der Waals surface area contributed by atoms with Crippen molar-refractivity contribution in [2.75, 3.05) is 5.43 Å². The van der Waals surface area contributed by atoms with Gasteiger partial charge < -0.3 is 5.11 Å². The average molecular weight is 337 g/mol. The van der Waals surface area contributed by atoms with Crippen LogP contribution in [0.5, 0.6) is 5.75 Å². The van der Waals surface area contributed by atoms with Gasteiger partial charge in [-0.3, -0.25) is 5.43 Å². The van der Waals surface area contributed by atoms with Crippen molar-refractivity contribution in [2.45, 2.75) is 19.8 Å². The molecule has 0 unspecified atom stereocenters. The van der Waals surface area contributed by atoms with Crippen LogP contribution < -0.4 is 5.43 Å². The third-order valence-corrected chi connectivity index (χ3v) is 4.40. The van der Waals surface area contributed by atoms with Crippen LogP contribution in [-0.2, 0) is 0 Å². The fraction of sp³-hybridized carbons (Fsp3) is 0.158. The Morgan fingerprint density at radius 1 is 1.12 bits per heavy atom. The monoisotopic (exact) mass is 337 g/mol. The van der Waals surface area contributed by atoms with Crippen LogP contribution in [0.3, 0.4) is 0 Å². The minimum absolute atomic E-state index is 0.263. The molecule has 0 fully saturated rings. The van der Waals surface area contributed by atoms with Gasteiger partial charge in [-0.2, -0.15) is 5.10 Å². The van der Waals surface area contributed by atoms with E-state index in [9.17, 15) is 5.11 Å². The minimum Gasteiger partial charge on any atom is -0.507 e. The van der Waals surface area contributed by atoms with Gasteiger partial charge in [0.05, 0.1) is 11.9 Å². The third kappa shape index (κ3) is 3.63. The molecule has 3 rings (SSSR count). The Bertz CT molecular complexity index is 841. The van der Waals surface area contributed by atoms with Gasteiger partial charge in [0.2, 0.25) is 5.13 Å². The first-order chi connectivity index (χ1) is 11.6. The number of anilines is 1. The Kier molecular flexibility index (Phi) is 4.91. The molecule has 0 aliphatic heterocycles. The standard InChI is InChI=1S/C19H19N3OS/c1-13(2)16-10-6-9-15(18(16)23)11-20-22-19-21-17(12-24-19)14-7-4-3-5-8-14/h3-13,23H,1-2H3,(H,21,22). The van der Waals surface area contributed by atoms with Crippen LogP contribution in [0.25, 0.3) is 11.3 Å². The highest BCUT2D eigenvalue weighted by molar-refractivity contribution is 7.14. The zero-order valence-corrected chi connectivity index (χ0v) is 14.4. The number of phenols is 1. The van der Waals surface area contributed by atoms with Crippen molar-refractivity contribution in [3.05, 3.63) is 65.0 Å². The van der Waals surface area contributed by atoms with Crippen molar-refractivity contribution in [2.24, 2.45) is 5.10 Å². The molecular weight excluding hydrogens is 318 g/mol. The number of para-hydroxylation sites is 1. The quantitative estimate of drug-likeness (QED) is 0.504. The Labute approximate surface area is 145 Å². The molecular formula is C19H19N3OS. The topological polar surface area (TPSA) is 57.5 Å². The van der Waals surface area contributed by atoms with Gasteiger partial charge in [-0.15, -0.1) is 11.3 Å². The largest absolute Gasteiger partial charge is 0.507 e. The van der Waals surface area contributed by atoms with Crippen molar-refractivity contribution in [1.82, 2.24) is 4.98 Å². The highest BCUT2D eigenvalue weighted by atomic mass is 32.1. The van der Waals surface area contributed by atoms with Crippen molar-refractivity contribution < 1.29 is 5.11 Å². The van der Waals surface area contributed by atoms with E-state index in [2.05, 4.69) is 29.4 Å². The number of aromatic nitrogens is 1. The molecule has 0 saturated heterocycles. The van der Waals surface area contributed by atoms with E-state index in [-0.39, 0.29) is 11.7 Å². The van der Waals surface area contributed by atoms with E-state index >= 15 is 0 Å². The van der Waals surface area contributed by atoms with E-state index in [1.807, 2.05) is 53.9 Å². The number of aromatic hydroxyl groups is 1. The Morgan fingerprint density at radius 3 is 2.67 bits per heavy atom. The number of nitrogens with zero attached hydrogens (tertiary/aromatic N) is 2. The number of rotatable bonds is 5.